The highest BCUT2D eigenvalue weighted by Crippen LogP contribution is 2.26. The summed E-state index contributed by atoms with van der Waals surface area (Å²) in [7, 11) is 0. The second kappa shape index (κ2) is 7.06. The van der Waals surface area contributed by atoms with E-state index in [2.05, 4.69) is 5.10 Å². The topological polar surface area (TPSA) is 55.2 Å². The van der Waals surface area contributed by atoms with Crippen LogP contribution in [0.15, 0.2) is 24.3 Å². The van der Waals surface area contributed by atoms with Crippen LogP contribution in [0, 0.1) is 6.92 Å². The van der Waals surface area contributed by atoms with Crippen molar-refractivity contribution in [2.75, 3.05) is 13.1 Å². The van der Waals surface area contributed by atoms with Crippen LogP contribution in [-0.2, 0) is 6.42 Å². The molecule has 2 aliphatic rings. The number of rotatable bonds is 2. The van der Waals surface area contributed by atoms with Crippen LogP contribution in [0.3, 0.4) is 0 Å². The Morgan fingerprint density at radius 1 is 0.962 bits per heavy atom. The van der Waals surface area contributed by atoms with Gasteiger partial charge in [0, 0.05) is 25.1 Å². The van der Waals surface area contributed by atoms with Gasteiger partial charge in [0.25, 0.3) is 5.91 Å². The second-order valence-corrected chi connectivity index (χ2v) is 7.35. The molecular formula is C21H25N3O2. The lowest BCUT2D eigenvalue weighted by atomic mass is 9.94. The van der Waals surface area contributed by atoms with Crippen molar-refractivity contribution in [2.24, 2.45) is 0 Å². The monoisotopic (exact) mass is 351 g/mol. The number of aromatic nitrogens is 2. The maximum Gasteiger partial charge on any atom is 0.253 e. The van der Waals surface area contributed by atoms with Gasteiger partial charge < -0.3 is 4.90 Å². The van der Waals surface area contributed by atoms with E-state index < -0.39 is 0 Å². The molecule has 1 aliphatic heterocycles. The maximum absolute atomic E-state index is 12.7. The molecule has 1 saturated heterocycles. The molecule has 5 heteroatoms. The van der Waals surface area contributed by atoms with Crippen LogP contribution in [0.4, 0.5) is 0 Å². The molecule has 1 fully saturated rings. The Kier molecular flexibility index (Phi) is 4.62. The van der Waals surface area contributed by atoms with E-state index in [4.69, 9.17) is 0 Å². The van der Waals surface area contributed by atoms with Gasteiger partial charge in [0.2, 0.25) is 0 Å². The largest absolute Gasteiger partial charge is 0.339 e. The molecule has 1 aromatic carbocycles. The normalized spacial score (nSPS) is 17.7. The summed E-state index contributed by atoms with van der Waals surface area (Å²) in [5, 5.41) is 4.59. The number of ketones is 1. The Morgan fingerprint density at radius 2 is 1.65 bits per heavy atom. The summed E-state index contributed by atoms with van der Waals surface area (Å²) in [5.41, 5.74) is 4.24. The zero-order valence-electron chi connectivity index (χ0n) is 15.3. The first kappa shape index (κ1) is 17.0. The molecule has 0 atom stereocenters. The zero-order chi connectivity index (χ0) is 18.1. The molecule has 1 aliphatic carbocycles. The van der Waals surface area contributed by atoms with Gasteiger partial charge >= 0.3 is 0 Å². The Morgan fingerprint density at radius 3 is 2.35 bits per heavy atom. The van der Waals surface area contributed by atoms with Gasteiger partial charge in [0.15, 0.2) is 5.78 Å². The second-order valence-electron chi connectivity index (χ2n) is 7.35. The number of Topliss-reactive ketones (excluding diaryl/α,β-unsaturated/α-hetero) is 1. The number of amides is 1. The molecule has 26 heavy (non-hydrogen) atoms. The van der Waals surface area contributed by atoms with Crippen molar-refractivity contribution in [1.82, 2.24) is 14.7 Å². The van der Waals surface area contributed by atoms with Gasteiger partial charge in [-0.25, -0.2) is 4.68 Å². The highest BCUT2D eigenvalue weighted by molar-refractivity contribution is 5.99. The van der Waals surface area contributed by atoms with Crippen molar-refractivity contribution in [2.45, 2.75) is 51.9 Å². The van der Waals surface area contributed by atoms with Gasteiger partial charge in [-0.05, 0) is 56.9 Å². The summed E-state index contributed by atoms with van der Waals surface area (Å²) in [6.45, 7) is 3.61. The highest BCUT2D eigenvalue weighted by Gasteiger charge is 2.25. The molecule has 0 unspecified atom stereocenters. The molecule has 136 valence electrons. The molecule has 0 spiro atoms. The highest BCUT2D eigenvalue weighted by atomic mass is 16.2. The predicted molar refractivity (Wildman–Crippen MR) is 99.9 cm³/mol. The molecule has 2 heterocycles. The standard InChI is InChI=1S/C21H25N3O2/c1-15-20-18(7-6-8-19(20)25)24(22-15)17-11-9-16(10-12-17)21(26)23-13-4-2-3-5-14-23/h9-12H,2-8,13-14H2,1H3. The van der Waals surface area contributed by atoms with Crippen LogP contribution < -0.4 is 0 Å². The van der Waals surface area contributed by atoms with E-state index in [1.165, 1.54) is 12.8 Å². The van der Waals surface area contributed by atoms with Crippen molar-refractivity contribution >= 4 is 11.7 Å². The number of fused-ring (bicyclic) bond motifs is 1. The first-order valence-corrected chi connectivity index (χ1v) is 9.66. The zero-order valence-corrected chi connectivity index (χ0v) is 15.3. The van der Waals surface area contributed by atoms with E-state index in [1.807, 2.05) is 40.8 Å². The van der Waals surface area contributed by atoms with E-state index >= 15 is 0 Å². The van der Waals surface area contributed by atoms with Crippen molar-refractivity contribution in [3.8, 4) is 5.69 Å². The Bertz CT molecular complexity index is 828. The van der Waals surface area contributed by atoms with Gasteiger partial charge in [-0.2, -0.15) is 5.10 Å². The first-order valence-electron chi connectivity index (χ1n) is 9.66. The number of carbonyl (C=O) groups excluding carboxylic acids is 2. The average molecular weight is 351 g/mol. The summed E-state index contributed by atoms with van der Waals surface area (Å²) in [6.07, 6.45) is 6.98. The van der Waals surface area contributed by atoms with E-state index in [0.29, 0.717) is 6.42 Å². The quantitative estimate of drug-likeness (QED) is 0.829. The third-order valence-electron chi connectivity index (χ3n) is 5.50. The Balaban J connectivity index is 1.60. The Hall–Kier alpha value is -2.43. The number of hydrogen-bond donors (Lipinski definition) is 0. The molecule has 0 N–H and O–H groups in total. The minimum atomic E-state index is 0.118. The molecule has 5 nitrogen and oxygen atoms in total. The molecule has 0 radical (unpaired) electrons. The number of nitrogens with zero attached hydrogens (tertiary/aromatic N) is 3. The number of benzene rings is 1. The first-order chi connectivity index (χ1) is 12.6. The van der Waals surface area contributed by atoms with E-state index in [1.54, 1.807) is 0 Å². The van der Waals surface area contributed by atoms with Crippen molar-refractivity contribution in [3.63, 3.8) is 0 Å². The minimum absolute atomic E-state index is 0.118. The number of aryl methyl sites for hydroxylation is 1. The summed E-state index contributed by atoms with van der Waals surface area (Å²) >= 11 is 0. The van der Waals surface area contributed by atoms with Gasteiger partial charge in [0.1, 0.15) is 0 Å². The van der Waals surface area contributed by atoms with Crippen LogP contribution in [0.2, 0.25) is 0 Å². The van der Waals surface area contributed by atoms with Gasteiger partial charge in [0.05, 0.1) is 22.6 Å². The molecule has 2 aromatic rings. The average Bonchev–Trinajstić information content (AvgIpc) is 2.84. The smallest absolute Gasteiger partial charge is 0.253 e. The lowest BCUT2D eigenvalue weighted by molar-refractivity contribution is 0.0761. The third kappa shape index (κ3) is 3.06. The molecular weight excluding hydrogens is 326 g/mol. The maximum atomic E-state index is 12.7. The number of hydrogen-bond acceptors (Lipinski definition) is 3. The fourth-order valence-electron chi connectivity index (χ4n) is 4.13. The van der Waals surface area contributed by atoms with Crippen molar-refractivity contribution in [3.05, 3.63) is 46.8 Å². The molecule has 0 saturated carbocycles. The van der Waals surface area contributed by atoms with E-state index in [0.717, 1.165) is 67.0 Å². The molecule has 0 bridgehead atoms. The lowest BCUT2D eigenvalue weighted by Gasteiger charge is -2.20. The van der Waals surface area contributed by atoms with Crippen LogP contribution in [-0.4, -0.2) is 39.5 Å². The fourth-order valence-corrected chi connectivity index (χ4v) is 4.13. The van der Waals surface area contributed by atoms with E-state index in [-0.39, 0.29) is 11.7 Å². The summed E-state index contributed by atoms with van der Waals surface area (Å²) in [6, 6.07) is 7.65. The molecule has 1 amide bonds. The van der Waals surface area contributed by atoms with Gasteiger partial charge in [-0.1, -0.05) is 12.8 Å². The van der Waals surface area contributed by atoms with Crippen LogP contribution in [0.5, 0.6) is 0 Å². The number of likely N-dealkylation sites (tertiary alicyclic amines) is 1. The summed E-state index contributed by atoms with van der Waals surface area (Å²) in [4.78, 5) is 26.9. The predicted octanol–water partition coefficient (Wildman–Crippen LogP) is 3.72. The van der Waals surface area contributed by atoms with Crippen LogP contribution in [0.25, 0.3) is 5.69 Å². The van der Waals surface area contributed by atoms with Crippen molar-refractivity contribution < 1.29 is 9.59 Å². The third-order valence-corrected chi connectivity index (χ3v) is 5.50. The molecule has 4 rings (SSSR count). The van der Waals surface area contributed by atoms with Gasteiger partial charge in [-0.3, -0.25) is 9.59 Å². The van der Waals surface area contributed by atoms with E-state index in [9.17, 15) is 9.59 Å². The molecule has 1 aromatic heterocycles. The summed E-state index contributed by atoms with van der Waals surface area (Å²) in [5.74, 6) is 0.315. The minimum Gasteiger partial charge on any atom is -0.339 e. The summed E-state index contributed by atoms with van der Waals surface area (Å²) < 4.78 is 1.88. The number of carbonyl (C=O) groups is 2. The SMILES string of the molecule is Cc1nn(-c2ccc(C(=O)N3CCCCCC3)cc2)c2c1C(=O)CCC2. The fraction of sp³-hybridized carbons (Fsp3) is 0.476. The van der Waals surface area contributed by atoms with Crippen LogP contribution in [0.1, 0.15) is 70.6 Å². The van der Waals surface area contributed by atoms with Crippen LogP contribution >= 0.6 is 0 Å². The van der Waals surface area contributed by atoms with Gasteiger partial charge in [-0.15, -0.1) is 0 Å². The van der Waals surface area contributed by atoms with Crippen molar-refractivity contribution in [1.29, 1.82) is 0 Å². The lowest BCUT2D eigenvalue weighted by Crippen LogP contribution is -2.31. The Labute approximate surface area is 154 Å².